The molecule has 1 rings (SSSR count). The molecule has 0 atom stereocenters. The first-order valence-corrected chi connectivity index (χ1v) is 5.41. The summed E-state index contributed by atoms with van der Waals surface area (Å²) in [5.74, 6) is 1.22. The van der Waals surface area contributed by atoms with E-state index in [1.165, 1.54) is 5.56 Å². The third kappa shape index (κ3) is 7.67. The first-order valence-electron chi connectivity index (χ1n) is 4.78. The molecule has 15 heavy (non-hydrogen) atoms. The van der Waals surface area contributed by atoms with Crippen molar-refractivity contribution in [3.8, 4) is 0 Å². The Morgan fingerprint density at radius 3 is 2.47 bits per heavy atom. The summed E-state index contributed by atoms with van der Waals surface area (Å²) in [7, 11) is 0. The van der Waals surface area contributed by atoms with Crippen LogP contribution >= 0.6 is 12.6 Å². The van der Waals surface area contributed by atoms with Crippen LogP contribution < -0.4 is 34.7 Å². The molecular formula is C11H19IN2S. The van der Waals surface area contributed by atoms with E-state index >= 15 is 0 Å². The molecule has 0 aromatic heterocycles. The maximum Gasteiger partial charge on any atom is 0.255 e. The lowest BCUT2D eigenvalue weighted by atomic mass is 10.2. The van der Waals surface area contributed by atoms with Crippen LogP contribution in [-0.2, 0) is 0 Å². The number of nitrogens with two attached hydrogens (primary N) is 1. The third-order valence-electron chi connectivity index (χ3n) is 1.49. The van der Waals surface area contributed by atoms with Crippen molar-refractivity contribution >= 4 is 24.2 Å². The van der Waals surface area contributed by atoms with Gasteiger partial charge in [-0.2, -0.15) is 12.6 Å². The molecule has 0 aliphatic rings. The second kappa shape index (κ2) is 10.3. The van der Waals surface area contributed by atoms with Crippen LogP contribution in [0.4, 0.5) is 5.69 Å². The van der Waals surface area contributed by atoms with E-state index in [-0.39, 0.29) is 24.0 Å². The number of rotatable bonds is 2. The van der Waals surface area contributed by atoms with Gasteiger partial charge in [0.05, 0.1) is 5.75 Å². The van der Waals surface area contributed by atoms with Crippen molar-refractivity contribution in [3.05, 3.63) is 29.8 Å². The van der Waals surface area contributed by atoms with Crippen LogP contribution in [0.15, 0.2) is 24.3 Å². The van der Waals surface area contributed by atoms with Crippen LogP contribution in [0.2, 0.25) is 0 Å². The second-order valence-electron chi connectivity index (χ2n) is 2.68. The Balaban J connectivity index is 0. The molecule has 1 aromatic rings. The topological polar surface area (TPSA) is 40.0 Å². The van der Waals surface area contributed by atoms with Gasteiger partial charge in [-0.3, -0.25) is 5.73 Å². The molecule has 0 aliphatic carbocycles. The monoisotopic (exact) mass is 338 g/mol. The smallest absolute Gasteiger partial charge is 0.255 e. The molecule has 0 heterocycles. The highest BCUT2D eigenvalue weighted by molar-refractivity contribution is 7.81. The molecule has 0 radical (unpaired) electrons. The van der Waals surface area contributed by atoms with Gasteiger partial charge >= 0.3 is 0 Å². The zero-order valence-corrected chi connectivity index (χ0v) is 12.5. The maximum absolute atomic E-state index is 5.58. The van der Waals surface area contributed by atoms with Crippen molar-refractivity contribution < 1.29 is 29.0 Å². The molecule has 0 saturated carbocycles. The Bertz CT molecular complexity index is 300. The number of amidine groups is 1. The third-order valence-corrected chi connectivity index (χ3v) is 1.83. The summed E-state index contributed by atoms with van der Waals surface area (Å²) in [5.41, 5.74) is 7.81. The standard InChI is InChI=1S/C9H12N2S.C2H6.HI/c1-7-3-2-4-8(5-7)11-9(10)6-12;1-2;/h2-5,12H,6H2,1H3,(H2,10,11);1-2H3;1H. The highest BCUT2D eigenvalue weighted by Gasteiger charge is 1.95. The van der Waals surface area contributed by atoms with Gasteiger partial charge in [-0.25, -0.2) is 4.99 Å². The SMILES string of the molecule is CC.Cc1cccc([NH+]=C(N)CS)c1.[I-]. The first kappa shape index (κ1) is 17.2. The van der Waals surface area contributed by atoms with Gasteiger partial charge in [0.25, 0.3) is 5.84 Å². The summed E-state index contributed by atoms with van der Waals surface area (Å²) in [5, 5.41) is 0. The van der Waals surface area contributed by atoms with Gasteiger partial charge in [0.15, 0.2) is 0 Å². The molecule has 0 aliphatic heterocycles. The van der Waals surface area contributed by atoms with Crippen LogP contribution in [0.25, 0.3) is 0 Å². The summed E-state index contributed by atoms with van der Waals surface area (Å²) in [6.45, 7) is 6.04. The Labute approximate surface area is 115 Å². The van der Waals surface area contributed by atoms with Crippen molar-refractivity contribution in [2.24, 2.45) is 5.73 Å². The zero-order chi connectivity index (χ0) is 11.0. The van der Waals surface area contributed by atoms with Gasteiger partial charge < -0.3 is 24.0 Å². The van der Waals surface area contributed by atoms with E-state index in [0.717, 1.165) is 5.69 Å². The van der Waals surface area contributed by atoms with E-state index in [0.29, 0.717) is 11.6 Å². The predicted octanol–water partition coefficient (Wildman–Crippen LogP) is -1.98. The van der Waals surface area contributed by atoms with Gasteiger partial charge in [-0.05, 0) is 24.6 Å². The van der Waals surface area contributed by atoms with Crippen LogP contribution in [0.3, 0.4) is 0 Å². The lowest BCUT2D eigenvalue weighted by Gasteiger charge is -1.93. The molecule has 3 N–H and O–H groups in total. The number of benzene rings is 1. The second-order valence-corrected chi connectivity index (χ2v) is 2.99. The largest absolute Gasteiger partial charge is 1.00 e. The maximum atomic E-state index is 5.58. The summed E-state index contributed by atoms with van der Waals surface area (Å²) in [6, 6.07) is 8.05. The van der Waals surface area contributed by atoms with Gasteiger partial charge in [-0.1, -0.05) is 26.0 Å². The molecule has 0 spiro atoms. The number of hydrogen-bond donors (Lipinski definition) is 3. The number of nitrogens with one attached hydrogen (secondary N) is 1. The highest BCUT2D eigenvalue weighted by atomic mass is 127. The van der Waals surface area contributed by atoms with E-state index in [9.17, 15) is 0 Å². The van der Waals surface area contributed by atoms with E-state index < -0.39 is 0 Å². The summed E-state index contributed by atoms with van der Waals surface area (Å²) in [4.78, 5) is 3.05. The van der Waals surface area contributed by atoms with E-state index in [2.05, 4.69) is 17.6 Å². The van der Waals surface area contributed by atoms with Crippen LogP contribution in [0.5, 0.6) is 0 Å². The minimum absolute atomic E-state index is 0. The van der Waals surface area contributed by atoms with Crippen LogP contribution in [0, 0.1) is 6.92 Å². The molecular weight excluding hydrogens is 319 g/mol. The summed E-state index contributed by atoms with van der Waals surface area (Å²) in [6.07, 6.45) is 0. The Kier molecular flexibility index (Phi) is 11.8. The minimum Gasteiger partial charge on any atom is -1.00 e. The van der Waals surface area contributed by atoms with Crippen molar-refractivity contribution in [2.45, 2.75) is 20.8 Å². The fourth-order valence-electron chi connectivity index (χ4n) is 0.948. The molecule has 0 unspecified atom stereocenters. The highest BCUT2D eigenvalue weighted by Crippen LogP contribution is 2.01. The zero-order valence-electron chi connectivity index (χ0n) is 9.42. The molecule has 4 heteroatoms. The number of thiol groups is 1. The first-order chi connectivity index (χ1) is 6.72. The number of hydrogen-bond acceptors (Lipinski definition) is 1. The molecule has 0 saturated heterocycles. The quantitative estimate of drug-likeness (QED) is 0.249. The summed E-state index contributed by atoms with van der Waals surface area (Å²) >= 11 is 4.05. The van der Waals surface area contributed by atoms with Crippen LogP contribution in [-0.4, -0.2) is 11.6 Å². The molecule has 0 amide bonds. The van der Waals surface area contributed by atoms with E-state index in [1.807, 2.05) is 45.0 Å². The minimum atomic E-state index is 0. The molecule has 2 nitrogen and oxygen atoms in total. The predicted molar refractivity (Wildman–Crippen MR) is 66.2 cm³/mol. The van der Waals surface area contributed by atoms with Crippen molar-refractivity contribution in [2.75, 3.05) is 5.75 Å². The average Bonchev–Trinajstić information content (AvgIpc) is 2.21. The average molecular weight is 338 g/mol. The normalized spacial score (nSPS) is 9.73. The van der Waals surface area contributed by atoms with Gasteiger partial charge in [-0.15, -0.1) is 0 Å². The molecule has 0 bridgehead atoms. The number of halogens is 1. The van der Waals surface area contributed by atoms with Gasteiger partial charge in [0, 0.05) is 0 Å². The van der Waals surface area contributed by atoms with Gasteiger partial charge in [0.1, 0.15) is 5.69 Å². The molecule has 1 aromatic carbocycles. The molecule has 0 fully saturated rings. The fraction of sp³-hybridized carbons (Fsp3) is 0.364. The van der Waals surface area contributed by atoms with E-state index in [1.54, 1.807) is 0 Å². The van der Waals surface area contributed by atoms with Crippen LogP contribution in [0.1, 0.15) is 19.4 Å². The van der Waals surface area contributed by atoms with Crippen molar-refractivity contribution in [1.82, 2.24) is 0 Å². The Morgan fingerprint density at radius 2 is 2.00 bits per heavy atom. The van der Waals surface area contributed by atoms with E-state index in [4.69, 9.17) is 5.73 Å². The lowest BCUT2D eigenvalue weighted by Crippen LogP contribution is -3.00. The van der Waals surface area contributed by atoms with Gasteiger partial charge in [0.2, 0.25) is 0 Å². The Morgan fingerprint density at radius 1 is 1.40 bits per heavy atom. The van der Waals surface area contributed by atoms with Crippen molar-refractivity contribution in [3.63, 3.8) is 0 Å². The lowest BCUT2D eigenvalue weighted by molar-refractivity contribution is -0.355. The summed E-state index contributed by atoms with van der Waals surface area (Å²) < 4.78 is 0. The number of aryl methyl sites for hydroxylation is 1. The fourth-order valence-corrected chi connectivity index (χ4v) is 1.03. The van der Waals surface area contributed by atoms with Crippen molar-refractivity contribution in [1.29, 1.82) is 0 Å². The molecule has 86 valence electrons. The Hall–Kier alpha value is -0.230.